The summed E-state index contributed by atoms with van der Waals surface area (Å²) in [7, 11) is -3.82. The Hall–Kier alpha value is -4.61. The molecule has 1 aliphatic heterocycles. The van der Waals surface area contributed by atoms with Crippen LogP contribution < -0.4 is 10.1 Å². The van der Waals surface area contributed by atoms with Crippen molar-refractivity contribution in [2.45, 2.75) is 35.8 Å². The fourth-order valence-electron chi connectivity index (χ4n) is 5.26. The molecule has 0 saturated carbocycles. The molecule has 4 aromatic rings. The van der Waals surface area contributed by atoms with Gasteiger partial charge in [0.2, 0.25) is 5.90 Å². The first-order valence-electron chi connectivity index (χ1n) is 14.9. The number of benzene rings is 4. The summed E-state index contributed by atoms with van der Waals surface area (Å²) in [4.78, 5) is 19.2. The maximum Gasteiger partial charge on any atom is 0.252 e. The summed E-state index contributed by atoms with van der Waals surface area (Å²) >= 11 is 0. The van der Waals surface area contributed by atoms with Crippen molar-refractivity contribution in [2.24, 2.45) is 4.99 Å². The fourth-order valence-corrected chi connectivity index (χ4v) is 6.65. The minimum Gasteiger partial charge on any atom is -0.494 e. The average molecular weight is 649 g/mol. The summed E-state index contributed by atoms with van der Waals surface area (Å²) in [5.74, 6) is -1.72. The molecule has 2 N–H and O–H groups in total. The van der Waals surface area contributed by atoms with Gasteiger partial charge in [-0.1, -0.05) is 48.5 Å². The molecule has 0 aromatic heterocycles. The van der Waals surface area contributed by atoms with E-state index in [2.05, 4.69) is 5.32 Å². The lowest BCUT2D eigenvalue weighted by Gasteiger charge is -2.30. The maximum atomic E-state index is 14.2. The van der Waals surface area contributed by atoms with Crippen LogP contribution in [-0.2, 0) is 25.8 Å². The Morgan fingerprint density at radius 2 is 1.59 bits per heavy atom. The Morgan fingerprint density at radius 1 is 0.935 bits per heavy atom. The standard InChI is InChI=1S/C35H34F2N2O6S/c36-28-22-25(23-29(37)24-28)16-18-38-34(41)35(17-21-46(42,43)31-10-5-2-6-11-31)32(26-8-3-1-4-9-26)45-33(39-35)27-12-14-30(15-13-27)44-20-7-19-40/h1-6,8-15,22-24,32,40H,7,16-21H2,(H,38,41)/t32-,35-/m1/s1. The van der Waals surface area contributed by atoms with E-state index in [-0.39, 0.29) is 36.8 Å². The van der Waals surface area contributed by atoms with Crippen LogP contribution >= 0.6 is 0 Å². The summed E-state index contributed by atoms with van der Waals surface area (Å²) in [6.45, 7) is 0.360. The molecule has 11 heteroatoms. The first-order chi connectivity index (χ1) is 22.2. The van der Waals surface area contributed by atoms with Gasteiger partial charge in [0, 0.05) is 37.6 Å². The molecule has 2 atom stereocenters. The SMILES string of the molecule is O=C(NCCc1cc(F)cc(F)c1)[C@]1(CCS(=O)(=O)c2ccccc2)N=C(c2ccc(OCCCO)cc2)O[C@@H]1c1ccccc1. The van der Waals surface area contributed by atoms with Gasteiger partial charge >= 0.3 is 0 Å². The number of sulfone groups is 1. The highest BCUT2D eigenvalue weighted by atomic mass is 32.2. The summed E-state index contributed by atoms with van der Waals surface area (Å²) in [5, 5.41) is 11.9. The Bertz CT molecular complexity index is 1750. The number of rotatable bonds is 14. The van der Waals surface area contributed by atoms with Gasteiger partial charge in [0.05, 0.1) is 17.3 Å². The number of nitrogens with one attached hydrogen (secondary N) is 1. The number of hydrogen-bond donors (Lipinski definition) is 2. The number of amides is 1. The van der Waals surface area contributed by atoms with E-state index < -0.39 is 44.8 Å². The van der Waals surface area contributed by atoms with Crippen molar-refractivity contribution < 1.29 is 36.6 Å². The normalized spacial score (nSPS) is 17.6. The number of aliphatic hydroxyl groups is 1. The van der Waals surface area contributed by atoms with E-state index in [9.17, 15) is 22.0 Å². The van der Waals surface area contributed by atoms with Gasteiger partial charge in [0.25, 0.3) is 5.91 Å². The van der Waals surface area contributed by atoms with Crippen LogP contribution in [0.1, 0.15) is 35.6 Å². The molecule has 0 bridgehead atoms. The smallest absolute Gasteiger partial charge is 0.252 e. The highest BCUT2D eigenvalue weighted by molar-refractivity contribution is 7.91. The molecule has 1 amide bonds. The lowest BCUT2D eigenvalue weighted by atomic mass is 9.85. The molecule has 1 aliphatic rings. The van der Waals surface area contributed by atoms with Crippen molar-refractivity contribution in [3.8, 4) is 5.75 Å². The van der Waals surface area contributed by atoms with E-state index >= 15 is 0 Å². The van der Waals surface area contributed by atoms with E-state index in [0.29, 0.717) is 35.5 Å². The summed E-state index contributed by atoms with van der Waals surface area (Å²) < 4.78 is 66.5. The van der Waals surface area contributed by atoms with Gasteiger partial charge in [0.15, 0.2) is 21.5 Å². The van der Waals surface area contributed by atoms with Gasteiger partial charge in [0.1, 0.15) is 17.4 Å². The molecule has 0 aliphatic carbocycles. The van der Waals surface area contributed by atoms with Gasteiger partial charge < -0.3 is 19.9 Å². The Balaban J connectivity index is 1.50. The minimum atomic E-state index is -3.82. The number of aliphatic hydroxyl groups excluding tert-OH is 1. The second-order valence-corrected chi connectivity index (χ2v) is 13.0. The van der Waals surface area contributed by atoms with Crippen molar-refractivity contribution in [1.29, 1.82) is 0 Å². The first kappa shape index (κ1) is 32.8. The molecule has 5 rings (SSSR count). The quantitative estimate of drug-likeness (QED) is 0.182. The van der Waals surface area contributed by atoms with E-state index in [1.54, 1.807) is 66.7 Å². The minimum absolute atomic E-state index is 0.00681. The van der Waals surface area contributed by atoms with Crippen LogP contribution in [0.4, 0.5) is 8.78 Å². The molecule has 0 spiro atoms. The predicted octanol–water partition coefficient (Wildman–Crippen LogP) is 5.21. The average Bonchev–Trinajstić information content (AvgIpc) is 3.46. The predicted molar refractivity (Wildman–Crippen MR) is 169 cm³/mol. The van der Waals surface area contributed by atoms with Crippen molar-refractivity contribution in [1.82, 2.24) is 5.32 Å². The largest absolute Gasteiger partial charge is 0.494 e. The molecular formula is C35H34F2N2O6S. The fraction of sp³-hybridized carbons (Fsp3) is 0.257. The van der Waals surface area contributed by atoms with Gasteiger partial charge in [-0.05, 0) is 66.1 Å². The van der Waals surface area contributed by atoms with E-state index in [4.69, 9.17) is 19.6 Å². The second kappa shape index (κ2) is 14.7. The molecule has 0 fully saturated rings. The number of carbonyl (C=O) groups is 1. The third kappa shape index (κ3) is 7.78. The Kier molecular flexibility index (Phi) is 10.4. The summed E-state index contributed by atoms with van der Waals surface area (Å²) in [5.41, 5.74) is -0.190. The summed E-state index contributed by atoms with van der Waals surface area (Å²) in [6, 6.07) is 27.0. The highest BCUT2D eigenvalue weighted by Crippen LogP contribution is 2.43. The van der Waals surface area contributed by atoms with E-state index in [1.807, 2.05) is 6.07 Å². The van der Waals surface area contributed by atoms with Crippen molar-refractivity contribution >= 4 is 21.6 Å². The van der Waals surface area contributed by atoms with E-state index in [0.717, 1.165) is 6.07 Å². The zero-order valence-corrected chi connectivity index (χ0v) is 25.8. The lowest BCUT2D eigenvalue weighted by Crippen LogP contribution is -2.49. The molecule has 1 heterocycles. The number of ether oxygens (including phenoxy) is 2. The molecule has 46 heavy (non-hydrogen) atoms. The van der Waals surface area contributed by atoms with Crippen molar-refractivity contribution in [3.63, 3.8) is 0 Å². The first-order valence-corrected chi connectivity index (χ1v) is 16.5. The van der Waals surface area contributed by atoms with Gasteiger partial charge in [-0.3, -0.25) is 4.79 Å². The Morgan fingerprint density at radius 3 is 2.24 bits per heavy atom. The van der Waals surface area contributed by atoms with Gasteiger partial charge in [-0.25, -0.2) is 22.2 Å². The lowest BCUT2D eigenvalue weighted by molar-refractivity contribution is -0.129. The topological polar surface area (TPSA) is 114 Å². The highest BCUT2D eigenvalue weighted by Gasteiger charge is 2.53. The van der Waals surface area contributed by atoms with Gasteiger partial charge in [-0.2, -0.15) is 0 Å². The summed E-state index contributed by atoms with van der Waals surface area (Å²) in [6.07, 6.45) is -0.588. The number of hydrogen-bond acceptors (Lipinski definition) is 7. The van der Waals surface area contributed by atoms with Crippen molar-refractivity contribution in [2.75, 3.05) is 25.5 Å². The van der Waals surface area contributed by atoms with Crippen LogP contribution in [0.2, 0.25) is 0 Å². The third-order valence-corrected chi connectivity index (χ3v) is 9.34. The number of nitrogens with zero attached hydrogens (tertiary/aromatic N) is 1. The molecule has 4 aromatic carbocycles. The van der Waals surface area contributed by atoms with Crippen LogP contribution in [0, 0.1) is 11.6 Å². The maximum absolute atomic E-state index is 14.2. The number of carbonyl (C=O) groups excluding carboxylic acids is 1. The molecule has 0 radical (unpaired) electrons. The molecular weight excluding hydrogens is 614 g/mol. The van der Waals surface area contributed by atoms with Crippen LogP contribution in [0.3, 0.4) is 0 Å². The van der Waals surface area contributed by atoms with Gasteiger partial charge in [-0.15, -0.1) is 0 Å². The molecule has 0 saturated heterocycles. The molecule has 240 valence electrons. The zero-order valence-electron chi connectivity index (χ0n) is 24.9. The molecule has 8 nitrogen and oxygen atoms in total. The van der Waals surface area contributed by atoms with Crippen LogP contribution in [0.5, 0.6) is 5.75 Å². The third-order valence-electron chi connectivity index (χ3n) is 7.61. The molecule has 0 unspecified atom stereocenters. The number of aliphatic imine (C=N–C) groups is 1. The van der Waals surface area contributed by atoms with Crippen molar-refractivity contribution in [3.05, 3.63) is 131 Å². The van der Waals surface area contributed by atoms with E-state index in [1.165, 1.54) is 24.3 Å². The Labute approximate surface area is 266 Å². The zero-order chi connectivity index (χ0) is 32.6. The van der Waals surface area contributed by atoms with Crippen LogP contribution in [0.25, 0.3) is 0 Å². The number of halogens is 2. The monoisotopic (exact) mass is 648 g/mol. The van der Waals surface area contributed by atoms with Crippen LogP contribution in [0.15, 0.2) is 113 Å². The van der Waals surface area contributed by atoms with Crippen LogP contribution in [-0.4, -0.2) is 56.4 Å². The second-order valence-electron chi connectivity index (χ2n) is 10.9.